The van der Waals surface area contributed by atoms with Gasteiger partial charge in [0.1, 0.15) is 12.7 Å². The van der Waals surface area contributed by atoms with E-state index in [1.807, 2.05) is 0 Å². The summed E-state index contributed by atoms with van der Waals surface area (Å²) >= 11 is 5.68. The van der Waals surface area contributed by atoms with Crippen molar-refractivity contribution in [1.29, 1.82) is 0 Å². The molecule has 2 amide bonds. The molecule has 3 rings (SSSR count). The molecule has 0 spiro atoms. The van der Waals surface area contributed by atoms with Gasteiger partial charge in [0.05, 0.1) is 27.2 Å². The summed E-state index contributed by atoms with van der Waals surface area (Å²) in [5.74, 6) is -1.24. The maximum atomic E-state index is 12.3. The van der Waals surface area contributed by atoms with Crippen LogP contribution in [0.3, 0.4) is 0 Å². The van der Waals surface area contributed by atoms with Gasteiger partial charge in [-0.1, -0.05) is 0 Å². The van der Waals surface area contributed by atoms with Gasteiger partial charge < -0.3 is 14.4 Å². The smallest absolute Gasteiger partial charge is 0.414 e. The van der Waals surface area contributed by atoms with Gasteiger partial charge in [-0.05, 0) is 24.3 Å². The van der Waals surface area contributed by atoms with E-state index in [0.29, 0.717) is 10.6 Å². The Hall–Kier alpha value is -1.79. The van der Waals surface area contributed by atoms with Crippen molar-refractivity contribution in [1.82, 2.24) is 0 Å². The van der Waals surface area contributed by atoms with Gasteiger partial charge in [-0.2, -0.15) is 0 Å². The van der Waals surface area contributed by atoms with Gasteiger partial charge in [-0.25, -0.2) is 4.79 Å². The molecule has 0 saturated carbocycles. The molecule has 1 aromatic rings. The van der Waals surface area contributed by atoms with Crippen LogP contribution >= 0.6 is 11.6 Å². The largest absolute Gasteiger partial charge is 0.443 e. The predicted octanol–water partition coefficient (Wildman–Crippen LogP) is 1.61. The lowest BCUT2D eigenvalue weighted by molar-refractivity contribution is -0.125. The maximum Gasteiger partial charge on any atom is 0.414 e. The highest BCUT2D eigenvalue weighted by molar-refractivity contribution is 6.18. The first-order valence-electron chi connectivity index (χ1n) is 9.10. The molecule has 21 heavy (non-hydrogen) atoms. The summed E-state index contributed by atoms with van der Waals surface area (Å²) < 4.78 is 55.8. The molecule has 7 heteroatoms. The van der Waals surface area contributed by atoms with Crippen LogP contribution in [0.15, 0.2) is 24.3 Å². The topological polar surface area (TPSA) is 59.1 Å². The van der Waals surface area contributed by atoms with Crippen LogP contribution in [0.4, 0.5) is 16.2 Å². The minimum atomic E-state index is -3.09. The molecule has 0 bridgehead atoms. The lowest BCUT2D eigenvalue weighted by Crippen LogP contribution is -2.41. The van der Waals surface area contributed by atoms with Crippen molar-refractivity contribution in [3.63, 3.8) is 0 Å². The second kappa shape index (κ2) is 5.91. The molecular formula is C14H15ClN2O4. The van der Waals surface area contributed by atoms with E-state index in [1.54, 1.807) is 0 Å². The van der Waals surface area contributed by atoms with Crippen molar-refractivity contribution < 1.29 is 27.3 Å². The molecule has 0 N–H and O–H groups in total. The SMILES string of the molecule is [2H]C1([2H])OC([2H])([2H])C([2H])([2H])N(c2ccc(N3C[C@H](CCl)OC3=O)cc2)C1=O. The molecule has 112 valence electrons. The van der Waals surface area contributed by atoms with Crippen molar-refractivity contribution in [2.24, 2.45) is 0 Å². The van der Waals surface area contributed by atoms with E-state index in [0.717, 1.165) is 0 Å². The number of hydrogen-bond acceptors (Lipinski definition) is 4. The Labute approximate surface area is 135 Å². The van der Waals surface area contributed by atoms with Crippen LogP contribution in [-0.4, -0.2) is 50.1 Å². The number of cyclic esters (lactones) is 1. The number of morpholine rings is 1. The van der Waals surface area contributed by atoms with Crippen LogP contribution in [0.1, 0.15) is 8.22 Å². The first kappa shape index (κ1) is 8.60. The van der Waals surface area contributed by atoms with Crippen LogP contribution < -0.4 is 9.80 Å². The van der Waals surface area contributed by atoms with E-state index in [1.165, 1.54) is 29.2 Å². The van der Waals surface area contributed by atoms with Crippen molar-refractivity contribution in [2.45, 2.75) is 6.10 Å². The van der Waals surface area contributed by atoms with Gasteiger partial charge in [-0.3, -0.25) is 9.69 Å². The Morgan fingerprint density at radius 1 is 1.24 bits per heavy atom. The lowest BCUT2D eigenvalue weighted by atomic mass is 10.2. The Balaban J connectivity index is 1.94. The highest BCUT2D eigenvalue weighted by Gasteiger charge is 2.31. The number of nitrogens with zero attached hydrogens (tertiary/aromatic N) is 2. The average Bonchev–Trinajstić information content (AvgIpc) is 2.94. The molecular weight excluding hydrogens is 296 g/mol. The average molecular weight is 317 g/mol. The molecule has 0 unspecified atom stereocenters. The van der Waals surface area contributed by atoms with Crippen LogP contribution in [0.2, 0.25) is 0 Å². The van der Waals surface area contributed by atoms with Crippen molar-refractivity contribution >= 4 is 35.0 Å². The molecule has 1 atom stereocenters. The minimum Gasteiger partial charge on any atom is -0.443 e. The molecule has 2 aliphatic rings. The van der Waals surface area contributed by atoms with Gasteiger partial charge in [0.2, 0.25) is 0 Å². The summed E-state index contributed by atoms with van der Waals surface area (Å²) in [5.41, 5.74) is 0.315. The zero-order chi connectivity index (χ0) is 20.2. The Morgan fingerprint density at radius 2 is 1.90 bits per heavy atom. The van der Waals surface area contributed by atoms with Crippen molar-refractivity contribution in [3.05, 3.63) is 24.3 Å². The molecule has 2 aliphatic heterocycles. The van der Waals surface area contributed by atoms with Crippen LogP contribution in [-0.2, 0) is 14.3 Å². The fourth-order valence-corrected chi connectivity index (χ4v) is 2.17. The van der Waals surface area contributed by atoms with Crippen LogP contribution in [0.5, 0.6) is 0 Å². The number of ether oxygens (including phenoxy) is 2. The number of halogens is 1. The number of benzene rings is 1. The highest BCUT2D eigenvalue weighted by atomic mass is 35.5. The summed E-state index contributed by atoms with van der Waals surface area (Å²) in [4.78, 5) is 25.9. The van der Waals surface area contributed by atoms with E-state index in [2.05, 4.69) is 4.74 Å². The number of hydrogen-bond donors (Lipinski definition) is 0. The second-order valence-corrected chi connectivity index (χ2v) is 4.65. The highest BCUT2D eigenvalue weighted by Crippen LogP contribution is 2.25. The number of carbonyl (C=O) groups excluding carboxylic acids is 2. The summed E-state index contributed by atoms with van der Waals surface area (Å²) in [7, 11) is 0. The summed E-state index contributed by atoms with van der Waals surface area (Å²) in [6.45, 7) is -8.87. The molecule has 2 fully saturated rings. The Morgan fingerprint density at radius 3 is 2.52 bits per heavy atom. The zero-order valence-electron chi connectivity index (χ0n) is 16.7. The summed E-state index contributed by atoms with van der Waals surface area (Å²) in [5, 5.41) is 0. The number of alkyl halides is 1. The van der Waals surface area contributed by atoms with Gasteiger partial charge in [0.15, 0.2) is 0 Å². The van der Waals surface area contributed by atoms with Crippen molar-refractivity contribution in [3.8, 4) is 0 Å². The fraction of sp³-hybridized carbons (Fsp3) is 0.429. The third kappa shape index (κ3) is 2.82. The van der Waals surface area contributed by atoms with Crippen molar-refractivity contribution in [2.75, 3.05) is 41.8 Å². The van der Waals surface area contributed by atoms with Gasteiger partial charge in [0, 0.05) is 17.9 Å². The summed E-state index contributed by atoms with van der Waals surface area (Å²) in [6, 6.07) is 5.39. The molecule has 0 aromatic heterocycles. The molecule has 0 aliphatic carbocycles. The number of rotatable bonds is 3. The Kier molecular flexibility index (Phi) is 2.42. The standard InChI is InChI=1S/C14H15ClN2O4/c15-7-12-8-17(14(19)21-12)11-3-1-10(2-4-11)16-5-6-20-9-13(16)18/h1-4,12H,5-9H2/t12-/m0/s1/i5D2,6D2,9D2. The molecule has 1 aromatic carbocycles. The zero-order valence-corrected chi connectivity index (χ0v) is 11.5. The second-order valence-electron chi connectivity index (χ2n) is 4.35. The normalized spacial score (nSPS) is 34.0. The number of carbonyl (C=O) groups is 2. The molecule has 2 heterocycles. The Bertz CT molecular complexity index is 775. The monoisotopic (exact) mass is 316 g/mol. The van der Waals surface area contributed by atoms with Crippen LogP contribution in [0, 0.1) is 0 Å². The van der Waals surface area contributed by atoms with E-state index < -0.39 is 37.7 Å². The molecule has 2 saturated heterocycles. The predicted molar refractivity (Wildman–Crippen MR) is 77.9 cm³/mol. The first-order valence-corrected chi connectivity index (χ1v) is 6.63. The fourth-order valence-electron chi connectivity index (χ4n) is 2.01. The number of anilines is 2. The summed E-state index contributed by atoms with van der Waals surface area (Å²) in [6.07, 6.45) is -1.06. The maximum absolute atomic E-state index is 12.3. The number of amides is 2. The van der Waals surface area contributed by atoms with E-state index in [9.17, 15) is 9.59 Å². The van der Waals surface area contributed by atoms with E-state index in [4.69, 9.17) is 24.6 Å². The molecule has 0 radical (unpaired) electrons. The third-order valence-corrected chi connectivity index (χ3v) is 3.36. The van der Waals surface area contributed by atoms with Crippen LogP contribution in [0.25, 0.3) is 0 Å². The van der Waals surface area contributed by atoms with E-state index >= 15 is 0 Å². The van der Waals surface area contributed by atoms with Gasteiger partial charge in [-0.15, -0.1) is 11.6 Å². The quantitative estimate of drug-likeness (QED) is 0.795. The third-order valence-electron chi connectivity index (χ3n) is 3.02. The van der Waals surface area contributed by atoms with E-state index in [-0.39, 0.29) is 18.1 Å². The van der Waals surface area contributed by atoms with Gasteiger partial charge >= 0.3 is 6.09 Å². The molecule has 6 nitrogen and oxygen atoms in total. The lowest BCUT2D eigenvalue weighted by Gasteiger charge is -2.27. The first-order chi connectivity index (χ1) is 12.4. The van der Waals surface area contributed by atoms with Gasteiger partial charge in [0.25, 0.3) is 5.91 Å². The minimum absolute atomic E-state index is 0.0914.